The molecule has 0 spiro atoms. The zero-order valence-corrected chi connectivity index (χ0v) is 16.4. The number of carbonyl (C=O) groups is 1. The Balaban J connectivity index is 1.75. The van der Waals surface area contributed by atoms with Crippen LogP contribution in [0.5, 0.6) is 5.75 Å². The molecule has 6 nitrogen and oxygen atoms in total. The molecule has 1 N–H and O–H groups in total. The molecule has 27 heavy (non-hydrogen) atoms. The van der Waals surface area contributed by atoms with E-state index in [9.17, 15) is 13.2 Å². The van der Waals surface area contributed by atoms with Gasteiger partial charge in [-0.3, -0.25) is 9.10 Å². The molecule has 7 heteroatoms. The molecule has 1 aliphatic heterocycles. The van der Waals surface area contributed by atoms with Crippen molar-refractivity contribution in [2.75, 3.05) is 28.5 Å². The SMILES string of the molecule is CCCOc1cc(C)ccc1NC(=O)c1ccc(N2CCCS2(=O)=O)cc1. The molecule has 1 fully saturated rings. The maximum atomic E-state index is 12.6. The van der Waals surface area contributed by atoms with Crippen LogP contribution in [0.3, 0.4) is 0 Å². The van der Waals surface area contributed by atoms with Crippen LogP contribution in [0.1, 0.15) is 35.7 Å². The molecule has 0 radical (unpaired) electrons. The summed E-state index contributed by atoms with van der Waals surface area (Å²) in [6, 6.07) is 12.2. The van der Waals surface area contributed by atoms with Crippen molar-refractivity contribution in [1.82, 2.24) is 0 Å². The van der Waals surface area contributed by atoms with E-state index in [1.807, 2.05) is 32.0 Å². The Morgan fingerprint density at radius 3 is 2.56 bits per heavy atom. The molecule has 2 aromatic carbocycles. The summed E-state index contributed by atoms with van der Waals surface area (Å²) in [6.45, 7) is 5.05. The van der Waals surface area contributed by atoms with Gasteiger partial charge in [0.1, 0.15) is 5.75 Å². The molecular formula is C20H24N2O4S. The molecule has 144 valence electrons. The number of nitrogens with one attached hydrogen (secondary N) is 1. The number of carbonyl (C=O) groups excluding carboxylic acids is 1. The van der Waals surface area contributed by atoms with Crippen LogP contribution in [0.4, 0.5) is 11.4 Å². The standard InChI is InChI=1S/C20H24N2O4S/c1-3-12-26-19-14-15(2)5-10-18(19)21-20(23)16-6-8-17(9-7-16)22-11-4-13-27(22,24)25/h5-10,14H,3-4,11-13H2,1-2H3,(H,21,23). The first-order valence-electron chi connectivity index (χ1n) is 9.06. The van der Waals surface area contributed by atoms with Crippen LogP contribution in [0.25, 0.3) is 0 Å². The van der Waals surface area contributed by atoms with Gasteiger partial charge >= 0.3 is 0 Å². The Bertz CT molecular complexity index is 923. The second kappa shape index (κ2) is 8.00. The molecule has 0 aromatic heterocycles. The Morgan fingerprint density at radius 1 is 1.19 bits per heavy atom. The average molecular weight is 388 g/mol. The van der Waals surface area contributed by atoms with Crippen molar-refractivity contribution in [3.05, 3.63) is 53.6 Å². The highest BCUT2D eigenvalue weighted by Gasteiger charge is 2.28. The lowest BCUT2D eigenvalue weighted by Gasteiger charge is -2.17. The minimum atomic E-state index is -3.22. The summed E-state index contributed by atoms with van der Waals surface area (Å²) in [5.74, 6) is 0.546. The smallest absolute Gasteiger partial charge is 0.255 e. The first-order chi connectivity index (χ1) is 12.9. The van der Waals surface area contributed by atoms with E-state index in [1.165, 1.54) is 4.31 Å². The number of aryl methyl sites for hydroxylation is 1. The summed E-state index contributed by atoms with van der Waals surface area (Å²) in [7, 11) is -3.22. The lowest BCUT2D eigenvalue weighted by Crippen LogP contribution is -2.25. The highest BCUT2D eigenvalue weighted by molar-refractivity contribution is 7.93. The molecule has 1 saturated heterocycles. The predicted octanol–water partition coefficient (Wildman–Crippen LogP) is 3.58. The minimum absolute atomic E-state index is 0.170. The van der Waals surface area contributed by atoms with Gasteiger partial charge in [0.2, 0.25) is 10.0 Å². The summed E-state index contributed by atoms with van der Waals surface area (Å²) in [4.78, 5) is 12.6. The third-order valence-electron chi connectivity index (χ3n) is 4.36. The van der Waals surface area contributed by atoms with Crippen molar-refractivity contribution < 1.29 is 17.9 Å². The fourth-order valence-corrected chi connectivity index (χ4v) is 4.53. The summed E-state index contributed by atoms with van der Waals surface area (Å²) in [5.41, 5.74) is 2.71. The number of nitrogens with zero attached hydrogens (tertiary/aromatic N) is 1. The largest absolute Gasteiger partial charge is 0.491 e. The monoisotopic (exact) mass is 388 g/mol. The Kier molecular flexibility index (Phi) is 5.70. The van der Waals surface area contributed by atoms with E-state index in [1.54, 1.807) is 24.3 Å². The van der Waals surface area contributed by atoms with Gasteiger partial charge in [-0.1, -0.05) is 13.0 Å². The lowest BCUT2D eigenvalue weighted by atomic mass is 10.1. The van der Waals surface area contributed by atoms with Crippen molar-refractivity contribution in [1.29, 1.82) is 0 Å². The van der Waals surface area contributed by atoms with Crippen molar-refractivity contribution in [2.45, 2.75) is 26.7 Å². The number of amides is 1. The number of anilines is 2. The maximum absolute atomic E-state index is 12.6. The van der Waals surface area contributed by atoms with Gasteiger partial charge in [-0.15, -0.1) is 0 Å². The van der Waals surface area contributed by atoms with Gasteiger partial charge in [0.15, 0.2) is 0 Å². The van der Waals surface area contributed by atoms with Gasteiger partial charge in [-0.25, -0.2) is 8.42 Å². The van der Waals surface area contributed by atoms with Crippen LogP contribution in [-0.4, -0.2) is 33.2 Å². The fraction of sp³-hybridized carbons (Fsp3) is 0.350. The molecule has 3 rings (SSSR count). The van der Waals surface area contributed by atoms with Crippen LogP contribution in [-0.2, 0) is 10.0 Å². The highest BCUT2D eigenvalue weighted by Crippen LogP contribution is 2.27. The highest BCUT2D eigenvalue weighted by atomic mass is 32.2. The summed E-state index contributed by atoms with van der Waals surface area (Å²) < 4.78 is 31.1. The van der Waals surface area contributed by atoms with Crippen LogP contribution in [0, 0.1) is 6.92 Å². The maximum Gasteiger partial charge on any atom is 0.255 e. The Morgan fingerprint density at radius 2 is 1.93 bits per heavy atom. The summed E-state index contributed by atoms with van der Waals surface area (Å²) in [6.07, 6.45) is 1.50. The van der Waals surface area contributed by atoms with E-state index in [-0.39, 0.29) is 11.7 Å². The van der Waals surface area contributed by atoms with E-state index in [0.717, 1.165) is 12.0 Å². The van der Waals surface area contributed by atoms with Crippen LogP contribution < -0.4 is 14.4 Å². The van der Waals surface area contributed by atoms with Gasteiger partial charge in [0.25, 0.3) is 5.91 Å². The first-order valence-corrected chi connectivity index (χ1v) is 10.7. The predicted molar refractivity (Wildman–Crippen MR) is 107 cm³/mol. The molecule has 1 aliphatic rings. The number of hydrogen-bond acceptors (Lipinski definition) is 4. The van der Waals surface area contributed by atoms with Crippen molar-refractivity contribution >= 4 is 27.3 Å². The Labute approximate surface area is 160 Å². The molecule has 1 amide bonds. The Hall–Kier alpha value is -2.54. The minimum Gasteiger partial charge on any atom is -0.491 e. The average Bonchev–Trinajstić information content (AvgIpc) is 3.01. The quantitative estimate of drug-likeness (QED) is 0.821. The molecule has 0 bridgehead atoms. The zero-order valence-electron chi connectivity index (χ0n) is 15.6. The van der Waals surface area contributed by atoms with E-state index < -0.39 is 10.0 Å². The van der Waals surface area contributed by atoms with Crippen molar-refractivity contribution in [3.8, 4) is 5.75 Å². The van der Waals surface area contributed by atoms with Crippen LogP contribution in [0.15, 0.2) is 42.5 Å². The number of benzene rings is 2. The fourth-order valence-electron chi connectivity index (χ4n) is 2.97. The number of ether oxygens (including phenoxy) is 1. The van der Waals surface area contributed by atoms with Gasteiger partial charge in [-0.05, 0) is 61.7 Å². The normalized spacial score (nSPS) is 15.6. The third kappa shape index (κ3) is 4.42. The number of sulfonamides is 1. The molecule has 1 heterocycles. The summed E-state index contributed by atoms with van der Waals surface area (Å²) >= 11 is 0. The van der Waals surface area contributed by atoms with Gasteiger partial charge in [0, 0.05) is 12.1 Å². The van der Waals surface area contributed by atoms with E-state index in [4.69, 9.17) is 4.74 Å². The molecule has 0 aliphatic carbocycles. The van der Waals surface area contributed by atoms with Crippen LogP contribution >= 0.6 is 0 Å². The van der Waals surface area contributed by atoms with E-state index in [2.05, 4.69) is 5.32 Å². The molecule has 0 unspecified atom stereocenters. The summed E-state index contributed by atoms with van der Waals surface area (Å²) in [5, 5.41) is 2.87. The topological polar surface area (TPSA) is 75.7 Å². The van der Waals surface area contributed by atoms with Crippen molar-refractivity contribution in [2.24, 2.45) is 0 Å². The molecular weight excluding hydrogens is 364 g/mol. The van der Waals surface area contributed by atoms with Crippen LogP contribution in [0.2, 0.25) is 0 Å². The van der Waals surface area contributed by atoms with E-state index >= 15 is 0 Å². The molecule has 0 atom stereocenters. The number of hydrogen-bond donors (Lipinski definition) is 1. The second-order valence-electron chi connectivity index (χ2n) is 6.59. The zero-order chi connectivity index (χ0) is 19.4. The van der Waals surface area contributed by atoms with Gasteiger partial charge in [-0.2, -0.15) is 0 Å². The second-order valence-corrected chi connectivity index (χ2v) is 8.60. The number of rotatable bonds is 6. The first kappa shape index (κ1) is 19.2. The van der Waals surface area contributed by atoms with Gasteiger partial charge < -0.3 is 10.1 Å². The third-order valence-corrected chi connectivity index (χ3v) is 6.23. The molecule has 2 aromatic rings. The molecule has 0 saturated carbocycles. The van der Waals surface area contributed by atoms with E-state index in [0.29, 0.717) is 42.3 Å². The lowest BCUT2D eigenvalue weighted by molar-refractivity contribution is 0.102. The van der Waals surface area contributed by atoms with Gasteiger partial charge in [0.05, 0.1) is 23.7 Å². The van der Waals surface area contributed by atoms with Crippen molar-refractivity contribution in [3.63, 3.8) is 0 Å².